The van der Waals surface area contributed by atoms with Gasteiger partial charge in [-0.15, -0.1) is 0 Å². The first kappa shape index (κ1) is 15.4. The summed E-state index contributed by atoms with van der Waals surface area (Å²) in [7, 11) is -1.45. The van der Waals surface area contributed by atoms with Gasteiger partial charge in [0.15, 0.2) is 0 Å². The highest BCUT2D eigenvalue weighted by molar-refractivity contribution is 9.10. The molecule has 0 saturated heterocycles. The van der Waals surface area contributed by atoms with E-state index in [0.29, 0.717) is 6.54 Å². The van der Waals surface area contributed by atoms with Crippen molar-refractivity contribution in [2.24, 2.45) is 0 Å². The summed E-state index contributed by atoms with van der Waals surface area (Å²) in [6.07, 6.45) is 0.779. The number of hydrogen-bond acceptors (Lipinski definition) is 3. The summed E-state index contributed by atoms with van der Waals surface area (Å²) in [5.74, 6) is -0.836. The van der Waals surface area contributed by atoms with Crippen LogP contribution in [0.4, 0.5) is 0 Å². The van der Waals surface area contributed by atoms with Gasteiger partial charge in [0.25, 0.3) is 0 Å². The van der Waals surface area contributed by atoms with Crippen molar-refractivity contribution in [1.82, 2.24) is 9.78 Å². The summed E-state index contributed by atoms with van der Waals surface area (Å²) in [5.41, 5.74) is 1.72. The summed E-state index contributed by atoms with van der Waals surface area (Å²) < 4.78 is 14.6. The number of nitrogens with zero attached hydrogens (tertiary/aromatic N) is 2. The molecule has 2 atom stereocenters. The smallest absolute Gasteiger partial charge is 0.318 e. The number of carbonyl (C=O) groups is 1. The molecule has 0 amide bonds. The van der Waals surface area contributed by atoms with E-state index in [1.807, 2.05) is 13.8 Å². The third-order valence-electron chi connectivity index (χ3n) is 2.72. The maximum Gasteiger partial charge on any atom is 0.318 e. The maximum atomic E-state index is 11.9. The number of carboxylic acid groups (broad SMARTS) is 1. The second-order valence-corrected chi connectivity index (χ2v) is 6.43. The van der Waals surface area contributed by atoms with Crippen LogP contribution in [0.1, 0.15) is 32.2 Å². The molecule has 1 aromatic rings. The minimum Gasteiger partial charge on any atom is -0.480 e. The molecule has 1 aromatic heterocycles. The Hall–Kier alpha value is -0.690. The zero-order chi connectivity index (χ0) is 13.9. The zero-order valence-electron chi connectivity index (χ0n) is 10.6. The van der Waals surface area contributed by atoms with E-state index in [0.717, 1.165) is 22.3 Å². The first-order chi connectivity index (χ1) is 8.42. The lowest BCUT2D eigenvalue weighted by atomic mass is 10.3. The van der Waals surface area contributed by atoms with Gasteiger partial charge < -0.3 is 5.11 Å². The molecule has 102 valence electrons. The van der Waals surface area contributed by atoms with Gasteiger partial charge in [0.05, 0.1) is 21.6 Å². The number of aryl methyl sites for hydroxylation is 2. The molecule has 0 aliphatic heterocycles. The highest BCUT2D eigenvalue weighted by Crippen LogP contribution is 2.24. The lowest BCUT2D eigenvalue weighted by molar-refractivity contribution is -0.136. The standard InChI is InChI=1S/C11H17BrN2O3S/c1-4-8-10(12)9(14(5-2)13-8)6-18(17)7(3)11(15)16/h7H,4-6H2,1-3H3,(H,15,16). The van der Waals surface area contributed by atoms with Crippen LogP contribution in [0.2, 0.25) is 0 Å². The van der Waals surface area contributed by atoms with E-state index in [4.69, 9.17) is 5.11 Å². The molecule has 0 aromatic carbocycles. The van der Waals surface area contributed by atoms with Crippen molar-refractivity contribution in [3.05, 3.63) is 15.9 Å². The molecule has 0 fully saturated rings. The molecule has 18 heavy (non-hydrogen) atoms. The molecule has 0 aliphatic carbocycles. The predicted molar refractivity (Wildman–Crippen MR) is 73.9 cm³/mol. The Morgan fingerprint density at radius 1 is 1.56 bits per heavy atom. The van der Waals surface area contributed by atoms with Gasteiger partial charge in [-0.05, 0) is 36.2 Å². The normalized spacial score (nSPS) is 14.4. The van der Waals surface area contributed by atoms with Gasteiger partial charge in [-0.3, -0.25) is 13.7 Å². The Kier molecular flexibility index (Phi) is 5.52. The van der Waals surface area contributed by atoms with Crippen molar-refractivity contribution in [3.8, 4) is 0 Å². The van der Waals surface area contributed by atoms with Crippen molar-refractivity contribution in [2.75, 3.05) is 0 Å². The van der Waals surface area contributed by atoms with Gasteiger partial charge in [-0.25, -0.2) is 0 Å². The SMILES string of the molecule is CCc1nn(CC)c(CS(=O)C(C)C(=O)O)c1Br. The van der Waals surface area contributed by atoms with Crippen LogP contribution in [0.15, 0.2) is 4.47 Å². The molecule has 1 N–H and O–H groups in total. The molecule has 0 radical (unpaired) electrons. The summed E-state index contributed by atoms with van der Waals surface area (Å²) >= 11 is 3.45. The average Bonchev–Trinajstić information content (AvgIpc) is 2.65. The fourth-order valence-electron chi connectivity index (χ4n) is 1.53. The third-order valence-corrected chi connectivity index (χ3v) is 5.18. The van der Waals surface area contributed by atoms with Crippen LogP contribution in [-0.2, 0) is 34.3 Å². The van der Waals surface area contributed by atoms with Gasteiger partial charge >= 0.3 is 5.97 Å². The topological polar surface area (TPSA) is 72.2 Å². The van der Waals surface area contributed by atoms with E-state index in [-0.39, 0.29) is 5.75 Å². The van der Waals surface area contributed by atoms with Gasteiger partial charge in [-0.2, -0.15) is 5.10 Å². The molecular weight excluding hydrogens is 320 g/mol. The predicted octanol–water partition coefficient (Wildman–Crippen LogP) is 1.95. The first-order valence-electron chi connectivity index (χ1n) is 5.76. The molecule has 7 heteroatoms. The minimum atomic E-state index is -1.45. The summed E-state index contributed by atoms with van der Waals surface area (Å²) in [5, 5.41) is 12.4. The number of rotatable bonds is 6. The Morgan fingerprint density at radius 2 is 2.17 bits per heavy atom. The Labute approximate surface area is 117 Å². The molecule has 2 unspecified atom stereocenters. The van der Waals surface area contributed by atoms with Crippen molar-refractivity contribution in [2.45, 2.75) is 44.7 Å². The van der Waals surface area contributed by atoms with Crippen LogP contribution >= 0.6 is 15.9 Å². The van der Waals surface area contributed by atoms with Crippen molar-refractivity contribution < 1.29 is 14.1 Å². The second kappa shape index (κ2) is 6.47. The molecule has 0 spiro atoms. The molecule has 0 saturated carbocycles. The first-order valence-corrected chi connectivity index (χ1v) is 7.93. The van der Waals surface area contributed by atoms with Crippen LogP contribution in [0, 0.1) is 0 Å². The van der Waals surface area contributed by atoms with Crippen LogP contribution < -0.4 is 0 Å². The average molecular weight is 337 g/mol. The van der Waals surface area contributed by atoms with Crippen molar-refractivity contribution >= 4 is 32.7 Å². The fourth-order valence-corrected chi connectivity index (χ4v) is 3.46. The van der Waals surface area contributed by atoms with E-state index in [1.54, 1.807) is 4.68 Å². The Morgan fingerprint density at radius 3 is 2.61 bits per heavy atom. The summed E-state index contributed by atoms with van der Waals surface area (Å²) in [4.78, 5) is 10.8. The number of hydrogen-bond donors (Lipinski definition) is 1. The molecule has 5 nitrogen and oxygen atoms in total. The largest absolute Gasteiger partial charge is 0.480 e. The number of halogens is 1. The van der Waals surface area contributed by atoms with Crippen molar-refractivity contribution in [3.63, 3.8) is 0 Å². The number of aliphatic carboxylic acids is 1. The summed E-state index contributed by atoms with van der Waals surface area (Å²) in [6.45, 7) is 6.08. The van der Waals surface area contributed by atoms with Gasteiger partial charge in [-0.1, -0.05) is 6.92 Å². The minimum absolute atomic E-state index is 0.203. The molecule has 1 rings (SSSR count). The summed E-state index contributed by atoms with van der Waals surface area (Å²) in [6, 6.07) is 0. The zero-order valence-corrected chi connectivity index (χ0v) is 13.0. The van der Waals surface area contributed by atoms with Gasteiger partial charge in [0.1, 0.15) is 5.25 Å². The van der Waals surface area contributed by atoms with E-state index in [1.165, 1.54) is 6.92 Å². The number of carboxylic acids is 1. The van der Waals surface area contributed by atoms with Gasteiger partial charge in [0.2, 0.25) is 0 Å². The fraction of sp³-hybridized carbons (Fsp3) is 0.636. The molecule has 0 aliphatic rings. The van der Waals surface area contributed by atoms with E-state index in [2.05, 4.69) is 21.0 Å². The Bertz CT molecular complexity index is 473. The quantitative estimate of drug-likeness (QED) is 0.861. The molecule has 1 heterocycles. The van der Waals surface area contributed by atoms with E-state index >= 15 is 0 Å². The lowest BCUT2D eigenvalue weighted by Crippen LogP contribution is -2.23. The highest BCUT2D eigenvalue weighted by atomic mass is 79.9. The highest BCUT2D eigenvalue weighted by Gasteiger charge is 2.23. The van der Waals surface area contributed by atoms with Crippen LogP contribution in [0.5, 0.6) is 0 Å². The van der Waals surface area contributed by atoms with Crippen molar-refractivity contribution in [1.29, 1.82) is 0 Å². The Balaban J connectivity index is 3.00. The van der Waals surface area contributed by atoms with E-state index < -0.39 is 22.0 Å². The second-order valence-electron chi connectivity index (χ2n) is 3.88. The lowest BCUT2D eigenvalue weighted by Gasteiger charge is -2.08. The monoisotopic (exact) mass is 336 g/mol. The molecular formula is C11H17BrN2O3S. The van der Waals surface area contributed by atoms with Crippen LogP contribution in [0.25, 0.3) is 0 Å². The van der Waals surface area contributed by atoms with Gasteiger partial charge in [0, 0.05) is 17.3 Å². The maximum absolute atomic E-state index is 11.9. The number of aromatic nitrogens is 2. The van der Waals surface area contributed by atoms with Crippen LogP contribution in [0.3, 0.4) is 0 Å². The van der Waals surface area contributed by atoms with Crippen LogP contribution in [-0.4, -0.2) is 30.3 Å². The molecule has 0 bridgehead atoms. The third kappa shape index (κ3) is 3.20. The van der Waals surface area contributed by atoms with E-state index in [9.17, 15) is 9.00 Å².